The van der Waals surface area contributed by atoms with Crippen LogP contribution in [0.5, 0.6) is 0 Å². The summed E-state index contributed by atoms with van der Waals surface area (Å²) in [6.45, 7) is 4.31. The van der Waals surface area contributed by atoms with Crippen molar-refractivity contribution < 1.29 is 15.0 Å². The van der Waals surface area contributed by atoms with Crippen molar-refractivity contribution in [3.63, 3.8) is 0 Å². The molecule has 0 aliphatic rings. The third-order valence-corrected chi connectivity index (χ3v) is 7.72. The van der Waals surface area contributed by atoms with E-state index in [0.29, 0.717) is 12.8 Å². The predicted molar refractivity (Wildman–Crippen MR) is 170 cm³/mol. The van der Waals surface area contributed by atoms with Crippen molar-refractivity contribution >= 4 is 5.91 Å². The van der Waals surface area contributed by atoms with Gasteiger partial charge in [0.25, 0.3) is 0 Å². The Morgan fingerprint density at radius 3 is 1.56 bits per heavy atom. The number of nitrogens with one attached hydrogen (secondary N) is 1. The van der Waals surface area contributed by atoms with E-state index in [2.05, 4.69) is 43.5 Å². The van der Waals surface area contributed by atoms with Crippen LogP contribution in [-0.2, 0) is 4.79 Å². The minimum atomic E-state index is -0.660. The van der Waals surface area contributed by atoms with Gasteiger partial charge in [-0.25, -0.2) is 0 Å². The van der Waals surface area contributed by atoms with Gasteiger partial charge in [-0.05, 0) is 44.9 Å². The van der Waals surface area contributed by atoms with Gasteiger partial charge in [0, 0.05) is 6.42 Å². The largest absolute Gasteiger partial charge is 0.394 e. The number of carbonyl (C=O) groups is 1. The quantitative estimate of drug-likeness (QED) is 0.0617. The molecule has 1 amide bonds. The molecule has 3 N–H and O–H groups in total. The highest BCUT2D eigenvalue weighted by Crippen LogP contribution is 2.14. The minimum absolute atomic E-state index is 0.0478. The van der Waals surface area contributed by atoms with Gasteiger partial charge in [0.15, 0.2) is 0 Å². The molecule has 2 unspecified atom stereocenters. The number of hydrogen-bond acceptors (Lipinski definition) is 3. The Morgan fingerprint density at radius 1 is 0.615 bits per heavy atom. The van der Waals surface area contributed by atoms with Crippen molar-refractivity contribution in [1.82, 2.24) is 5.32 Å². The lowest BCUT2D eigenvalue weighted by Gasteiger charge is -2.22. The van der Waals surface area contributed by atoms with Crippen molar-refractivity contribution in [3.05, 3.63) is 24.3 Å². The van der Waals surface area contributed by atoms with Crippen LogP contribution in [0.25, 0.3) is 0 Å². The van der Waals surface area contributed by atoms with E-state index < -0.39 is 12.1 Å². The fraction of sp³-hybridized carbons (Fsp3) is 0.857. The molecule has 0 rings (SSSR count). The van der Waals surface area contributed by atoms with Crippen LogP contribution in [0.15, 0.2) is 24.3 Å². The molecule has 0 saturated carbocycles. The summed E-state index contributed by atoms with van der Waals surface area (Å²) in [6.07, 6.45) is 37.9. The van der Waals surface area contributed by atoms with Gasteiger partial charge in [0.1, 0.15) is 0 Å². The number of aliphatic hydroxyl groups excluding tert-OH is 2. The monoisotopic (exact) mass is 550 g/mol. The Morgan fingerprint density at radius 2 is 1.05 bits per heavy atom. The third-order valence-electron chi connectivity index (χ3n) is 7.72. The van der Waals surface area contributed by atoms with Crippen LogP contribution in [0.1, 0.15) is 174 Å². The number of aliphatic hydroxyl groups is 2. The molecule has 230 valence electrons. The predicted octanol–water partition coefficient (Wildman–Crippen LogP) is 9.73. The first-order valence-corrected chi connectivity index (χ1v) is 17.0. The first-order valence-electron chi connectivity index (χ1n) is 17.0. The summed E-state index contributed by atoms with van der Waals surface area (Å²) in [5.74, 6) is -0.0478. The number of allylic oxidation sites excluding steroid dienone is 4. The van der Waals surface area contributed by atoms with E-state index in [9.17, 15) is 15.0 Å². The van der Waals surface area contributed by atoms with Crippen molar-refractivity contribution in [3.8, 4) is 0 Å². The molecule has 4 nitrogen and oxygen atoms in total. The van der Waals surface area contributed by atoms with E-state index >= 15 is 0 Å². The van der Waals surface area contributed by atoms with E-state index in [1.165, 1.54) is 103 Å². The van der Waals surface area contributed by atoms with Crippen molar-refractivity contribution in [2.75, 3.05) is 6.61 Å². The van der Waals surface area contributed by atoms with Crippen LogP contribution < -0.4 is 5.32 Å². The third kappa shape index (κ3) is 28.2. The number of amides is 1. The average Bonchev–Trinajstić information content (AvgIpc) is 2.94. The summed E-state index contributed by atoms with van der Waals surface area (Å²) < 4.78 is 0. The van der Waals surface area contributed by atoms with Gasteiger partial charge in [-0.15, -0.1) is 0 Å². The summed E-state index contributed by atoms with van der Waals surface area (Å²) in [4.78, 5) is 12.3. The fourth-order valence-electron chi connectivity index (χ4n) is 5.04. The van der Waals surface area contributed by atoms with Crippen LogP contribution >= 0.6 is 0 Å². The minimum Gasteiger partial charge on any atom is -0.394 e. The summed E-state index contributed by atoms with van der Waals surface area (Å²) >= 11 is 0. The van der Waals surface area contributed by atoms with Gasteiger partial charge < -0.3 is 15.5 Å². The molecule has 0 aliphatic carbocycles. The SMILES string of the molecule is CCCCCC/C=C\C/C=C\CCCCCCCC(=O)NC(CO)C(O)CCCCCCCCCCCCC. The highest BCUT2D eigenvalue weighted by Gasteiger charge is 2.19. The second-order valence-corrected chi connectivity index (χ2v) is 11.6. The first-order chi connectivity index (χ1) is 19.2. The normalized spacial score (nSPS) is 13.4. The average molecular weight is 550 g/mol. The van der Waals surface area contributed by atoms with Crippen molar-refractivity contribution in [1.29, 1.82) is 0 Å². The number of hydrogen-bond donors (Lipinski definition) is 3. The van der Waals surface area contributed by atoms with Crippen LogP contribution in [0.3, 0.4) is 0 Å². The molecule has 0 aromatic heterocycles. The van der Waals surface area contributed by atoms with Gasteiger partial charge in [-0.3, -0.25) is 4.79 Å². The Balaban J connectivity index is 3.62. The zero-order valence-electron chi connectivity index (χ0n) is 26.2. The lowest BCUT2D eigenvalue weighted by molar-refractivity contribution is -0.123. The highest BCUT2D eigenvalue weighted by molar-refractivity contribution is 5.76. The molecular formula is C35H67NO3. The summed E-state index contributed by atoms with van der Waals surface area (Å²) in [7, 11) is 0. The van der Waals surface area contributed by atoms with E-state index in [-0.39, 0.29) is 12.5 Å². The topological polar surface area (TPSA) is 69.6 Å². The highest BCUT2D eigenvalue weighted by atomic mass is 16.3. The molecular weight excluding hydrogens is 482 g/mol. The van der Waals surface area contributed by atoms with Gasteiger partial charge in [0.05, 0.1) is 18.8 Å². The first kappa shape index (κ1) is 37.9. The lowest BCUT2D eigenvalue weighted by atomic mass is 10.0. The van der Waals surface area contributed by atoms with E-state index in [0.717, 1.165) is 44.9 Å². The maximum absolute atomic E-state index is 12.3. The molecule has 4 heteroatoms. The van der Waals surface area contributed by atoms with Gasteiger partial charge in [-0.1, -0.05) is 147 Å². The second-order valence-electron chi connectivity index (χ2n) is 11.6. The van der Waals surface area contributed by atoms with Crippen LogP contribution in [0.2, 0.25) is 0 Å². The summed E-state index contributed by atoms with van der Waals surface area (Å²) in [5, 5.41) is 22.9. The molecule has 0 aromatic carbocycles. The molecule has 0 heterocycles. The van der Waals surface area contributed by atoms with Crippen molar-refractivity contribution in [2.45, 2.75) is 187 Å². The van der Waals surface area contributed by atoms with Gasteiger partial charge in [-0.2, -0.15) is 0 Å². The summed E-state index contributed by atoms with van der Waals surface area (Å²) in [6, 6.07) is -0.539. The molecule has 0 aromatic rings. The Hall–Kier alpha value is -1.13. The smallest absolute Gasteiger partial charge is 0.220 e. The molecule has 0 aliphatic heterocycles. The molecule has 0 saturated heterocycles. The molecule has 0 bridgehead atoms. The van der Waals surface area contributed by atoms with E-state index in [1.807, 2.05) is 0 Å². The molecule has 2 atom stereocenters. The maximum atomic E-state index is 12.3. The Labute approximate surface area is 243 Å². The number of unbranched alkanes of at least 4 members (excludes halogenated alkanes) is 19. The van der Waals surface area contributed by atoms with Gasteiger partial charge in [0.2, 0.25) is 5.91 Å². The zero-order valence-corrected chi connectivity index (χ0v) is 26.2. The van der Waals surface area contributed by atoms with Crippen LogP contribution in [0, 0.1) is 0 Å². The zero-order chi connectivity index (χ0) is 28.7. The van der Waals surface area contributed by atoms with E-state index in [4.69, 9.17) is 0 Å². The molecule has 0 fully saturated rings. The van der Waals surface area contributed by atoms with E-state index in [1.54, 1.807) is 0 Å². The molecule has 0 spiro atoms. The second kappa shape index (κ2) is 31.4. The molecule has 0 radical (unpaired) electrons. The lowest BCUT2D eigenvalue weighted by Crippen LogP contribution is -2.45. The Kier molecular flexibility index (Phi) is 30.5. The number of rotatable bonds is 30. The van der Waals surface area contributed by atoms with Crippen molar-refractivity contribution in [2.24, 2.45) is 0 Å². The van der Waals surface area contributed by atoms with Crippen LogP contribution in [-0.4, -0.2) is 34.9 Å². The maximum Gasteiger partial charge on any atom is 0.220 e. The summed E-state index contributed by atoms with van der Waals surface area (Å²) in [5.41, 5.74) is 0. The molecule has 39 heavy (non-hydrogen) atoms. The number of carbonyl (C=O) groups excluding carboxylic acids is 1. The van der Waals surface area contributed by atoms with Crippen LogP contribution in [0.4, 0.5) is 0 Å². The van der Waals surface area contributed by atoms with Gasteiger partial charge >= 0.3 is 0 Å². The Bertz CT molecular complexity index is 560. The fourth-order valence-corrected chi connectivity index (χ4v) is 5.04. The standard InChI is InChI=1S/C35H67NO3/c1-3-5-7-9-11-13-15-16-17-18-19-21-23-25-27-29-31-35(39)36-33(32-37)34(38)30-28-26-24-22-20-14-12-10-8-6-4-2/h13,15,17-18,33-34,37-38H,3-12,14,16,19-32H2,1-2H3,(H,36,39)/b15-13-,18-17-.